The van der Waals surface area contributed by atoms with Crippen molar-refractivity contribution in [1.82, 2.24) is 19.7 Å². The van der Waals surface area contributed by atoms with E-state index in [1.54, 1.807) is 47.0 Å². The number of amides is 2. The summed E-state index contributed by atoms with van der Waals surface area (Å²) in [5.74, 6) is -0.531. The van der Waals surface area contributed by atoms with Gasteiger partial charge in [0.15, 0.2) is 5.16 Å². The van der Waals surface area contributed by atoms with E-state index in [4.69, 9.17) is 0 Å². The number of aromatic nitrogens is 3. The van der Waals surface area contributed by atoms with Crippen molar-refractivity contribution in [2.75, 3.05) is 12.3 Å². The molecule has 0 fully saturated rings. The molecular formula is C18H13FN4O2S. The lowest BCUT2D eigenvalue weighted by Crippen LogP contribution is -2.31. The summed E-state index contributed by atoms with van der Waals surface area (Å²) in [7, 11) is 0. The molecular weight excluding hydrogens is 355 g/mol. The number of fused-ring (bicyclic) bond motifs is 1. The minimum atomic E-state index is -0.380. The molecule has 0 radical (unpaired) electrons. The topological polar surface area (TPSA) is 68.1 Å². The van der Waals surface area contributed by atoms with Crippen LogP contribution in [0, 0.1) is 5.82 Å². The zero-order valence-corrected chi connectivity index (χ0v) is 14.3. The fourth-order valence-electron chi connectivity index (χ4n) is 2.81. The molecule has 1 aromatic heterocycles. The summed E-state index contributed by atoms with van der Waals surface area (Å²) in [5.41, 5.74) is 1.20. The fourth-order valence-corrected chi connectivity index (χ4v) is 3.65. The van der Waals surface area contributed by atoms with Gasteiger partial charge in [0.05, 0.1) is 16.8 Å². The van der Waals surface area contributed by atoms with Gasteiger partial charge in [-0.1, -0.05) is 36.0 Å². The number of hydrogen-bond acceptors (Lipinski definition) is 5. The molecule has 0 N–H and O–H groups in total. The molecule has 1 aliphatic heterocycles. The average Bonchev–Trinajstić information content (AvgIpc) is 3.21. The van der Waals surface area contributed by atoms with Gasteiger partial charge in [0.1, 0.15) is 12.1 Å². The molecule has 4 rings (SSSR count). The summed E-state index contributed by atoms with van der Waals surface area (Å²) < 4.78 is 15.5. The van der Waals surface area contributed by atoms with Gasteiger partial charge < -0.3 is 0 Å². The lowest BCUT2D eigenvalue weighted by Gasteiger charge is -2.13. The van der Waals surface area contributed by atoms with Crippen LogP contribution in [0.15, 0.2) is 60.0 Å². The number of carbonyl (C=O) groups is 2. The molecule has 0 saturated heterocycles. The van der Waals surface area contributed by atoms with E-state index in [9.17, 15) is 14.0 Å². The Balaban J connectivity index is 1.46. The van der Waals surface area contributed by atoms with Crippen molar-refractivity contribution in [2.24, 2.45) is 0 Å². The second kappa shape index (κ2) is 6.72. The molecule has 8 heteroatoms. The first-order chi connectivity index (χ1) is 12.7. The largest absolute Gasteiger partial charge is 0.274 e. The molecule has 0 bridgehead atoms. The summed E-state index contributed by atoms with van der Waals surface area (Å²) >= 11 is 1.30. The Kier molecular flexibility index (Phi) is 4.26. The van der Waals surface area contributed by atoms with Gasteiger partial charge in [0, 0.05) is 12.3 Å². The van der Waals surface area contributed by atoms with Crippen molar-refractivity contribution in [3.05, 3.63) is 71.8 Å². The molecule has 0 saturated carbocycles. The van der Waals surface area contributed by atoms with Crippen LogP contribution in [-0.2, 0) is 0 Å². The normalized spacial score (nSPS) is 13.3. The number of carbonyl (C=O) groups excluding carboxylic acids is 2. The Morgan fingerprint density at radius 3 is 2.31 bits per heavy atom. The van der Waals surface area contributed by atoms with Crippen LogP contribution in [-0.4, -0.2) is 43.8 Å². The SMILES string of the molecule is O=C1c2ccccc2C(=O)N1CCSc1nncn1-c1ccccc1F. The highest BCUT2D eigenvalue weighted by Crippen LogP contribution is 2.25. The zero-order valence-electron chi connectivity index (χ0n) is 13.5. The van der Waals surface area contributed by atoms with Crippen LogP contribution in [0.4, 0.5) is 4.39 Å². The number of hydrogen-bond donors (Lipinski definition) is 0. The van der Waals surface area contributed by atoms with Gasteiger partial charge in [0.2, 0.25) is 0 Å². The maximum Gasteiger partial charge on any atom is 0.261 e. The Labute approximate surface area is 152 Å². The van der Waals surface area contributed by atoms with Crippen LogP contribution in [0.2, 0.25) is 0 Å². The maximum atomic E-state index is 14.0. The van der Waals surface area contributed by atoms with Crippen LogP contribution >= 0.6 is 11.8 Å². The second-order valence-electron chi connectivity index (χ2n) is 5.59. The van der Waals surface area contributed by atoms with Crippen LogP contribution in [0.5, 0.6) is 0 Å². The van der Waals surface area contributed by atoms with Crippen molar-refractivity contribution in [2.45, 2.75) is 5.16 Å². The van der Waals surface area contributed by atoms with Gasteiger partial charge in [-0.05, 0) is 24.3 Å². The highest BCUT2D eigenvalue weighted by molar-refractivity contribution is 7.99. The molecule has 3 aromatic rings. The van der Waals surface area contributed by atoms with Gasteiger partial charge in [0.25, 0.3) is 11.8 Å². The first-order valence-electron chi connectivity index (χ1n) is 7.90. The van der Waals surface area contributed by atoms with Gasteiger partial charge in [-0.3, -0.25) is 19.1 Å². The lowest BCUT2D eigenvalue weighted by molar-refractivity contribution is 0.0664. The molecule has 0 aliphatic carbocycles. The quantitative estimate of drug-likeness (QED) is 0.512. The number of rotatable bonds is 5. The fraction of sp³-hybridized carbons (Fsp3) is 0.111. The third kappa shape index (κ3) is 2.78. The molecule has 0 atom stereocenters. The number of nitrogens with zero attached hydrogens (tertiary/aromatic N) is 4. The van der Waals surface area contributed by atoms with Crippen LogP contribution < -0.4 is 0 Å². The maximum absolute atomic E-state index is 14.0. The predicted octanol–water partition coefficient (Wildman–Crippen LogP) is 2.79. The molecule has 2 heterocycles. The summed E-state index contributed by atoms with van der Waals surface area (Å²) in [6, 6.07) is 13.1. The van der Waals surface area contributed by atoms with Crippen molar-refractivity contribution in [3.8, 4) is 5.69 Å². The number of halogens is 1. The number of thioether (sulfide) groups is 1. The van der Waals surface area contributed by atoms with Crippen molar-refractivity contribution in [3.63, 3.8) is 0 Å². The molecule has 26 heavy (non-hydrogen) atoms. The molecule has 2 amide bonds. The van der Waals surface area contributed by atoms with Crippen molar-refractivity contribution in [1.29, 1.82) is 0 Å². The van der Waals surface area contributed by atoms with Crippen LogP contribution in [0.1, 0.15) is 20.7 Å². The summed E-state index contributed by atoms with van der Waals surface area (Å²) in [6.45, 7) is 0.237. The van der Waals surface area contributed by atoms with E-state index in [1.807, 2.05) is 0 Å². The first-order valence-corrected chi connectivity index (χ1v) is 8.88. The van der Waals surface area contributed by atoms with Gasteiger partial charge in [-0.15, -0.1) is 10.2 Å². The van der Waals surface area contributed by atoms with E-state index in [0.717, 1.165) is 0 Å². The van der Waals surface area contributed by atoms with E-state index in [1.165, 1.54) is 29.1 Å². The Morgan fingerprint density at radius 1 is 0.962 bits per heavy atom. The Hall–Kier alpha value is -3.00. The minimum Gasteiger partial charge on any atom is -0.274 e. The lowest BCUT2D eigenvalue weighted by atomic mass is 10.1. The molecule has 6 nitrogen and oxygen atoms in total. The monoisotopic (exact) mass is 368 g/mol. The van der Waals surface area contributed by atoms with E-state index >= 15 is 0 Å². The number of para-hydroxylation sites is 1. The van der Waals surface area contributed by atoms with E-state index < -0.39 is 0 Å². The summed E-state index contributed by atoms with van der Waals surface area (Å²) in [4.78, 5) is 25.9. The molecule has 2 aromatic carbocycles. The Bertz CT molecular complexity index is 969. The Morgan fingerprint density at radius 2 is 1.62 bits per heavy atom. The van der Waals surface area contributed by atoms with E-state index in [2.05, 4.69) is 10.2 Å². The van der Waals surface area contributed by atoms with Gasteiger partial charge in [-0.2, -0.15) is 0 Å². The van der Waals surface area contributed by atoms with Gasteiger partial charge in [-0.25, -0.2) is 4.39 Å². The predicted molar refractivity (Wildman–Crippen MR) is 93.9 cm³/mol. The molecule has 130 valence electrons. The van der Waals surface area contributed by atoms with E-state index in [-0.39, 0.29) is 24.2 Å². The zero-order chi connectivity index (χ0) is 18.1. The van der Waals surface area contributed by atoms with Crippen molar-refractivity contribution >= 4 is 23.6 Å². The number of imide groups is 1. The number of benzene rings is 2. The summed E-state index contributed by atoms with van der Waals surface area (Å²) in [5, 5.41) is 8.32. The van der Waals surface area contributed by atoms with Crippen molar-refractivity contribution < 1.29 is 14.0 Å². The third-order valence-corrected chi connectivity index (χ3v) is 4.98. The minimum absolute atomic E-state index is 0.237. The summed E-state index contributed by atoms with van der Waals surface area (Å²) in [6.07, 6.45) is 1.43. The van der Waals surface area contributed by atoms with E-state index in [0.29, 0.717) is 27.7 Å². The van der Waals surface area contributed by atoms with Crippen LogP contribution in [0.25, 0.3) is 5.69 Å². The average molecular weight is 368 g/mol. The molecule has 0 unspecified atom stereocenters. The third-order valence-electron chi connectivity index (χ3n) is 4.05. The molecule has 1 aliphatic rings. The highest BCUT2D eigenvalue weighted by Gasteiger charge is 2.34. The highest BCUT2D eigenvalue weighted by atomic mass is 32.2. The first kappa shape index (κ1) is 16.5. The van der Waals surface area contributed by atoms with Crippen LogP contribution in [0.3, 0.4) is 0 Å². The standard InChI is InChI=1S/C18H13FN4O2S/c19-14-7-3-4-8-15(14)23-11-20-21-18(23)26-10-9-22-16(24)12-5-1-2-6-13(12)17(22)25/h1-8,11H,9-10H2. The second-order valence-corrected chi connectivity index (χ2v) is 6.65. The van der Waals surface area contributed by atoms with Gasteiger partial charge >= 0.3 is 0 Å². The smallest absolute Gasteiger partial charge is 0.261 e. The molecule has 0 spiro atoms.